The zero-order valence-corrected chi connectivity index (χ0v) is 8.28. The number of hydrogen-bond acceptors (Lipinski definition) is 2. The lowest BCUT2D eigenvalue weighted by atomic mass is 10.3. The highest BCUT2D eigenvalue weighted by Crippen LogP contribution is 2.18. The van der Waals surface area contributed by atoms with Crippen molar-refractivity contribution >= 4 is 30.1 Å². The second-order valence-corrected chi connectivity index (χ2v) is 3.22. The Bertz CT molecular complexity index is 328. The molecule has 12 heavy (non-hydrogen) atoms. The molecule has 4 heteroatoms. The Balaban J connectivity index is 0.000000213. The molecule has 0 bridgehead atoms. The summed E-state index contributed by atoms with van der Waals surface area (Å²) < 4.78 is 9.94. The Morgan fingerprint density at radius 3 is 2.58 bits per heavy atom. The first kappa shape index (κ1) is 9.46. The van der Waals surface area contributed by atoms with E-state index in [4.69, 9.17) is 9.46 Å². The van der Waals surface area contributed by atoms with Crippen molar-refractivity contribution in [3.05, 3.63) is 35.7 Å². The van der Waals surface area contributed by atoms with E-state index in [9.17, 15) is 0 Å². The zero-order chi connectivity index (χ0) is 8.81. The predicted molar refractivity (Wildman–Crippen MR) is 54.4 cm³/mol. The normalized spacial score (nSPS) is 10.1. The van der Waals surface area contributed by atoms with Gasteiger partial charge in [0.15, 0.2) is 8.69 Å². The lowest BCUT2D eigenvalue weighted by molar-refractivity contribution is 0.524. The molecule has 2 rings (SSSR count). The second kappa shape index (κ2) is 5.09. The van der Waals surface area contributed by atoms with Gasteiger partial charge in [-0.2, -0.15) is 0 Å². The molecule has 0 spiro atoms. The van der Waals surface area contributed by atoms with Crippen LogP contribution >= 0.6 is 20.0 Å². The van der Waals surface area contributed by atoms with Gasteiger partial charge in [-0.15, -0.1) is 11.3 Å². The first-order valence-corrected chi connectivity index (χ1v) is 5.25. The van der Waals surface area contributed by atoms with Crippen LogP contribution in [0.2, 0.25) is 0 Å². The summed E-state index contributed by atoms with van der Waals surface area (Å²) in [6, 6.07) is 10.5. The number of benzene rings is 1. The summed E-state index contributed by atoms with van der Waals surface area (Å²) in [7, 11) is -1.50. The fourth-order valence-electron chi connectivity index (χ4n) is 0.906. The van der Waals surface area contributed by atoms with Crippen LogP contribution in [0.4, 0.5) is 0 Å². The van der Waals surface area contributed by atoms with Crippen molar-refractivity contribution in [3.8, 4) is 0 Å². The SMILES string of the molecule is O=[PH2]O.c1ccc2sccc2c1. The summed E-state index contributed by atoms with van der Waals surface area (Å²) in [5.41, 5.74) is 0. The van der Waals surface area contributed by atoms with Crippen LogP contribution in [-0.4, -0.2) is 4.89 Å². The van der Waals surface area contributed by atoms with Crippen LogP contribution in [0, 0.1) is 0 Å². The second-order valence-electron chi connectivity index (χ2n) is 2.06. The van der Waals surface area contributed by atoms with E-state index in [0.717, 1.165) is 0 Å². The van der Waals surface area contributed by atoms with Gasteiger partial charge in [-0.3, -0.25) is 4.57 Å². The summed E-state index contributed by atoms with van der Waals surface area (Å²) in [6.45, 7) is 0. The van der Waals surface area contributed by atoms with Gasteiger partial charge in [0, 0.05) is 4.70 Å². The van der Waals surface area contributed by atoms with Gasteiger partial charge < -0.3 is 4.89 Å². The maximum atomic E-state index is 8.57. The molecule has 1 heterocycles. The van der Waals surface area contributed by atoms with E-state index in [0.29, 0.717) is 0 Å². The van der Waals surface area contributed by atoms with Crippen molar-refractivity contribution in [3.63, 3.8) is 0 Å². The molecule has 0 saturated carbocycles. The van der Waals surface area contributed by atoms with Crippen molar-refractivity contribution in [2.24, 2.45) is 0 Å². The monoisotopic (exact) mass is 200 g/mol. The number of rotatable bonds is 0. The van der Waals surface area contributed by atoms with Gasteiger partial charge in [0.05, 0.1) is 0 Å². The molecule has 0 radical (unpaired) electrons. The van der Waals surface area contributed by atoms with Gasteiger partial charge in [-0.1, -0.05) is 18.2 Å². The van der Waals surface area contributed by atoms with Crippen molar-refractivity contribution in [2.75, 3.05) is 0 Å². The van der Waals surface area contributed by atoms with E-state index in [1.165, 1.54) is 10.1 Å². The van der Waals surface area contributed by atoms with Crippen molar-refractivity contribution in [2.45, 2.75) is 0 Å². The molecule has 1 aromatic carbocycles. The Hall–Kier alpha value is -0.630. The summed E-state index contributed by atoms with van der Waals surface area (Å²) in [6.07, 6.45) is 0. The minimum absolute atomic E-state index is 1.35. The lowest BCUT2D eigenvalue weighted by Crippen LogP contribution is -1.56. The van der Waals surface area contributed by atoms with E-state index >= 15 is 0 Å². The molecule has 2 aromatic rings. The molecule has 1 aromatic heterocycles. The van der Waals surface area contributed by atoms with E-state index in [2.05, 4.69) is 35.7 Å². The van der Waals surface area contributed by atoms with Gasteiger partial charge in [0.1, 0.15) is 0 Å². The van der Waals surface area contributed by atoms with Crippen LogP contribution in [0.25, 0.3) is 10.1 Å². The standard InChI is InChI=1S/C8H6S.H3O2P/c1-2-4-8-7(3-1)5-6-9-8;1-3-2/h1-6H;3H2,(H,1,2). The van der Waals surface area contributed by atoms with E-state index < -0.39 is 8.69 Å². The zero-order valence-electron chi connectivity index (χ0n) is 6.31. The third-order valence-electron chi connectivity index (χ3n) is 1.36. The molecule has 1 N–H and O–H groups in total. The van der Waals surface area contributed by atoms with Crippen molar-refractivity contribution in [1.82, 2.24) is 0 Å². The number of thiophene rings is 1. The predicted octanol–water partition coefficient (Wildman–Crippen LogP) is 2.55. The summed E-state index contributed by atoms with van der Waals surface area (Å²) >= 11 is 1.79. The fraction of sp³-hybridized carbons (Fsp3) is 0. The van der Waals surface area contributed by atoms with E-state index in [1.807, 2.05) is 0 Å². The molecule has 1 unspecified atom stereocenters. The van der Waals surface area contributed by atoms with Gasteiger partial charge in [0.2, 0.25) is 0 Å². The van der Waals surface area contributed by atoms with Crippen LogP contribution in [0.3, 0.4) is 0 Å². The molecule has 0 saturated heterocycles. The average molecular weight is 200 g/mol. The first-order valence-electron chi connectivity index (χ1n) is 3.38. The minimum Gasteiger partial charge on any atom is -0.348 e. The molecule has 0 aliphatic heterocycles. The van der Waals surface area contributed by atoms with Crippen LogP contribution in [0.1, 0.15) is 0 Å². The molecule has 2 nitrogen and oxygen atoms in total. The molecular weight excluding hydrogens is 191 g/mol. The maximum Gasteiger partial charge on any atom is 0.177 e. The topological polar surface area (TPSA) is 37.3 Å². The first-order chi connectivity index (χ1) is 5.88. The Kier molecular flexibility index (Phi) is 4.01. The molecule has 0 aliphatic rings. The highest BCUT2D eigenvalue weighted by Gasteiger charge is 1.87. The van der Waals surface area contributed by atoms with Crippen molar-refractivity contribution < 1.29 is 9.46 Å². The average Bonchev–Trinajstić information content (AvgIpc) is 2.52. The van der Waals surface area contributed by atoms with Crippen LogP contribution in [-0.2, 0) is 4.57 Å². The number of hydrogen-bond donors (Lipinski definition) is 1. The van der Waals surface area contributed by atoms with E-state index in [1.54, 1.807) is 11.3 Å². The minimum atomic E-state index is -1.50. The molecule has 1 atom stereocenters. The Morgan fingerprint density at radius 1 is 1.25 bits per heavy atom. The van der Waals surface area contributed by atoms with Crippen LogP contribution < -0.4 is 0 Å². The van der Waals surface area contributed by atoms with Crippen LogP contribution in [0.5, 0.6) is 0 Å². The molecule has 0 fully saturated rings. The molecule has 0 amide bonds. The van der Waals surface area contributed by atoms with Gasteiger partial charge in [0.25, 0.3) is 0 Å². The molecule has 64 valence electrons. The van der Waals surface area contributed by atoms with E-state index in [-0.39, 0.29) is 0 Å². The van der Waals surface area contributed by atoms with Crippen molar-refractivity contribution in [1.29, 1.82) is 0 Å². The molecule has 0 aliphatic carbocycles. The van der Waals surface area contributed by atoms with Crippen LogP contribution in [0.15, 0.2) is 35.7 Å². The summed E-state index contributed by atoms with van der Waals surface area (Å²) in [4.78, 5) is 7.10. The quantitative estimate of drug-likeness (QED) is 0.663. The Labute approximate surface area is 75.8 Å². The third kappa shape index (κ3) is 2.45. The lowest BCUT2D eigenvalue weighted by Gasteiger charge is -1.82. The largest absolute Gasteiger partial charge is 0.348 e. The summed E-state index contributed by atoms with van der Waals surface area (Å²) in [5, 5.41) is 3.47. The van der Waals surface area contributed by atoms with Gasteiger partial charge in [-0.05, 0) is 22.9 Å². The Morgan fingerprint density at radius 2 is 1.92 bits per heavy atom. The maximum absolute atomic E-state index is 8.57. The summed E-state index contributed by atoms with van der Waals surface area (Å²) in [5.74, 6) is 0. The van der Waals surface area contributed by atoms with Gasteiger partial charge >= 0.3 is 0 Å². The third-order valence-corrected chi connectivity index (χ3v) is 2.26. The smallest absolute Gasteiger partial charge is 0.177 e. The molecular formula is C8H9O2PS. The number of fused-ring (bicyclic) bond motifs is 1. The highest BCUT2D eigenvalue weighted by molar-refractivity contribution is 7.17. The highest BCUT2D eigenvalue weighted by atomic mass is 32.1. The fourth-order valence-corrected chi connectivity index (χ4v) is 1.70. The van der Waals surface area contributed by atoms with Gasteiger partial charge in [-0.25, -0.2) is 0 Å².